The third-order valence-corrected chi connectivity index (χ3v) is 5.50. The first-order chi connectivity index (χ1) is 13.3. The number of rotatable bonds is 4. The van der Waals surface area contributed by atoms with Crippen molar-refractivity contribution in [3.63, 3.8) is 0 Å². The fourth-order valence-corrected chi connectivity index (χ4v) is 4.19. The summed E-state index contributed by atoms with van der Waals surface area (Å²) < 4.78 is 12.7. The lowest BCUT2D eigenvalue weighted by Gasteiger charge is -2.08. The summed E-state index contributed by atoms with van der Waals surface area (Å²) in [6, 6.07) is 13.4. The molecule has 1 N–H and O–H groups in total. The van der Waals surface area contributed by atoms with Crippen molar-refractivity contribution in [2.75, 3.05) is 6.79 Å². The molecule has 0 saturated carbocycles. The fourth-order valence-electron chi connectivity index (χ4n) is 3.13. The van der Waals surface area contributed by atoms with Crippen molar-refractivity contribution in [1.29, 1.82) is 0 Å². The van der Waals surface area contributed by atoms with E-state index in [0.29, 0.717) is 17.2 Å². The molecule has 0 aliphatic carbocycles. The number of hydrogen-bond acceptors (Lipinski definition) is 5. The Morgan fingerprint density at radius 1 is 1.15 bits per heavy atom. The van der Waals surface area contributed by atoms with Crippen molar-refractivity contribution >= 4 is 27.5 Å². The van der Waals surface area contributed by atoms with Crippen LogP contribution in [-0.4, -0.2) is 22.3 Å². The average Bonchev–Trinajstić information content (AvgIpc) is 3.43. The summed E-state index contributed by atoms with van der Waals surface area (Å²) >= 11 is 1.40. The second-order valence-corrected chi connectivity index (χ2v) is 7.10. The molecular formula is C20H15N3O3S. The van der Waals surface area contributed by atoms with Gasteiger partial charge in [-0.25, -0.2) is 4.98 Å². The number of hydrogen-bond donors (Lipinski definition) is 1. The minimum absolute atomic E-state index is 0.126. The van der Waals surface area contributed by atoms with E-state index in [-0.39, 0.29) is 12.7 Å². The predicted molar refractivity (Wildman–Crippen MR) is 103 cm³/mol. The quantitative estimate of drug-likeness (QED) is 0.588. The molecule has 6 nitrogen and oxygen atoms in total. The molecule has 1 aromatic carbocycles. The molecule has 0 unspecified atom stereocenters. The number of benzene rings is 1. The Morgan fingerprint density at radius 2 is 2.00 bits per heavy atom. The van der Waals surface area contributed by atoms with Crippen LogP contribution in [0.3, 0.4) is 0 Å². The fraction of sp³-hybridized carbons (Fsp3) is 0.100. The van der Waals surface area contributed by atoms with Gasteiger partial charge in [-0.15, -0.1) is 11.3 Å². The van der Waals surface area contributed by atoms with E-state index in [9.17, 15) is 4.79 Å². The van der Waals surface area contributed by atoms with E-state index in [1.165, 1.54) is 11.3 Å². The molecule has 1 amide bonds. The van der Waals surface area contributed by atoms with E-state index >= 15 is 0 Å². The Morgan fingerprint density at radius 3 is 2.89 bits per heavy atom. The molecular weight excluding hydrogens is 362 g/mol. The number of thiophene rings is 1. The number of carbonyl (C=O) groups is 1. The van der Waals surface area contributed by atoms with Crippen LogP contribution in [0.25, 0.3) is 15.9 Å². The summed E-state index contributed by atoms with van der Waals surface area (Å²) in [6.07, 6.45) is 5.61. The number of pyridine rings is 1. The van der Waals surface area contributed by atoms with Crippen LogP contribution in [0.4, 0.5) is 0 Å². The summed E-state index contributed by atoms with van der Waals surface area (Å²) in [6.45, 7) is 0.641. The van der Waals surface area contributed by atoms with Gasteiger partial charge in [0.1, 0.15) is 9.71 Å². The zero-order chi connectivity index (χ0) is 18.2. The van der Waals surface area contributed by atoms with Gasteiger partial charge in [0, 0.05) is 30.5 Å². The van der Waals surface area contributed by atoms with Gasteiger partial charge in [0.2, 0.25) is 6.79 Å². The highest BCUT2D eigenvalue weighted by Crippen LogP contribution is 2.34. The molecule has 0 atom stereocenters. The lowest BCUT2D eigenvalue weighted by Crippen LogP contribution is -2.23. The molecule has 0 spiro atoms. The van der Waals surface area contributed by atoms with E-state index < -0.39 is 0 Å². The van der Waals surface area contributed by atoms with Crippen LogP contribution < -0.4 is 14.8 Å². The molecule has 4 aromatic rings. The van der Waals surface area contributed by atoms with E-state index in [4.69, 9.17) is 9.47 Å². The third kappa shape index (κ3) is 2.82. The summed E-state index contributed by atoms with van der Waals surface area (Å²) in [5.41, 5.74) is 1.81. The number of nitrogens with zero attached hydrogens (tertiary/aromatic N) is 2. The maximum atomic E-state index is 12.9. The molecule has 4 heterocycles. The second kappa shape index (κ2) is 6.44. The first-order valence-corrected chi connectivity index (χ1v) is 9.29. The predicted octanol–water partition coefficient (Wildman–Crippen LogP) is 3.75. The van der Waals surface area contributed by atoms with Crippen LogP contribution in [0.15, 0.2) is 61.1 Å². The van der Waals surface area contributed by atoms with Crippen LogP contribution in [0.2, 0.25) is 0 Å². The van der Waals surface area contributed by atoms with Gasteiger partial charge in [-0.05, 0) is 42.0 Å². The zero-order valence-electron chi connectivity index (χ0n) is 14.2. The third-order valence-electron chi connectivity index (χ3n) is 4.40. The Kier molecular flexibility index (Phi) is 3.79. The minimum Gasteiger partial charge on any atom is -0.454 e. The smallest absolute Gasteiger partial charge is 0.263 e. The van der Waals surface area contributed by atoms with Gasteiger partial charge in [-0.3, -0.25) is 4.79 Å². The van der Waals surface area contributed by atoms with Gasteiger partial charge in [0.15, 0.2) is 11.5 Å². The van der Waals surface area contributed by atoms with Gasteiger partial charge in [0.05, 0.1) is 5.69 Å². The van der Waals surface area contributed by atoms with Crippen molar-refractivity contribution in [3.05, 3.63) is 71.5 Å². The van der Waals surface area contributed by atoms with Crippen LogP contribution >= 0.6 is 11.3 Å². The highest BCUT2D eigenvalue weighted by Gasteiger charge is 2.20. The Balaban J connectivity index is 1.45. The van der Waals surface area contributed by atoms with Gasteiger partial charge in [-0.1, -0.05) is 6.07 Å². The molecule has 1 aliphatic heterocycles. The largest absolute Gasteiger partial charge is 0.454 e. The zero-order valence-corrected chi connectivity index (χ0v) is 15.0. The molecule has 5 rings (SSSR count). The van der Waals surface area contributed by atoms with Gasteiger partial charge < -0.3 is 19.4 Å². The number of ether oxygens (including phenoxy) is 2. The maximum absolute atomic E-state index is 12.9. The van der Waals surface area contributed by atoms with E-state index in [0.717, 1.165) is 27.2 Å². The number of carbonyl (C=O) groups excluding carboxylic acids is 1. The number of amides is 1. The lowest BCUT2D eigenvalue weighted by atomic mass is 10.2. The van der Waals surface area contributed by atoms with E-state index in [1.54, 1.807) is 6.20 Å². The number of fused-ring (bicyclic) bond motifs is 2. The van der Waals surface area contributed by atoms with Crippen LogP contribution in [0.5, 0.6) is 11.5 Å². The summed E-state index contributed by atoms with van der Waals surface area (Å²) in [4.78, 5) is 18.8. The summed E-state index contributed by atoms with van der Waals surface area (Å²) in [5.74, 6) is 1.32. The maximum Gasteiger partial charge on any atom is 0.263 e. The Hall–Kier alpha value is -3.32. The van der Waals surface area contributed by atoms with Gasteiger partial charge in [0.25, 0.3) is 5.91 Å². The monoisotopic (exact) mass is 377 g/mol. The van der Waals surface area contributed by atoms with Crippen molar-refractivity contribution in [3.8, 4) is 17.2 Å². The first-order valence-electron chi connectivity index (χ1n) is 8.47. The van der Waals surface area contributed by atoms with Crippen LogP contribution in [-0.2, 0) is 6.54 Å². The minimum atomic E-state index is -0.126. The molecule has 27 heavy (non-hydrogen) atoms. The van der Waals surface area contributed by atoms with Crippen molar-refractivity contribution < 1.29 is 14.3 Å². The highest BCUT2D eigenvalue weighted by molar-refractivity contribution is 7.21. The highest BCUT2D eigenvalue weighted by atomic mass is 32.1. The number of nitrogens with one attached hydrogen (secondary N) is 1. The molecule has 3 aromatic heterocycles. The number of aromatic nitrogens is 2. The lowest BCUT2D eigenvalue weighted by molar-refractivity contribution is 0.0955. The second-order valence-electron chi connectivity index (χ2n) is 6.10. The van der Waals surface area contributed by atoms with Gasteiger partial charge >= 0.3 is 0 Å². The molecule has 0 bridgehead atoms. The molecule has 1 aliphatic rings. The standard InChI is InChI=1S/C20H15N3O3S/c24-19(22-11-13-5-6-15-16(10-13)26-12-25-15)18-17(23-8-1-2-9-23)14-4-3-7-21-20(14)27-18/h1-10H,11-12H2,(H,22,24). The van der Waals surface area contributed by atoms with E-state index in [2.05, 4.69) is 10.3 Å². The SMILES string of the molecule is O=C(NCc1ccc2c(c1)OCO2)c1sc2ncccc2c1-n1cccc1. The van der Waals surface area contributed by atoms with Crippen molar-refractivity contribution in [2.24, 2.45) is 0 Å². The summed E-state index contributed by atoms with van der Waals surface area (Å²) in [5, 5.41) is 3.97. The topological polar surface area (TPSA) is 65.4 Å². The first kappa shape index (κ1) is 15.9. The van der Waals surface area contributed by atoms with Crippen LogP contribution in [0.1, 0.15) is 15.2 Å². The molecule has 0 saturated heterocycles. The van der Waals surface area contributed by atoms with Crippen molar-refractivity contribution in [1.82, 2.24) is 14.9 Å². The normalized spacial score (nSPS) is 12.4. The Bertz CT molecular complexity index is 1130. The molecule has 0 radical (unpaired) electrons. The van der Waals surface area contributed by atoms with Crippen molar-refractivity contribution in [2.45, 2.75) is 6.54 Å². The molecule has 7 heteroatoms. The van der Waals surface area contributed by atoms with E-state index in [1.807, 2.05) is 59.4 Å². The summed E-state index contributed by atoms with van der Waals surface area (Å²) in [7, 11) is 0. The molecule has 0 fully saturated rings. The Labute approximate surface area is 159 Å². The molecule has 134 valence electrons. The van der Waals surface area contributed by atoms with Gasteiger partial charge in [-0.2, -0.15) is 0 Å². The average molecular weight is 377 g/mol. The van der Waals surface area contributed by atoms with Crippen LogP contribution in [0, 0.1) is 0 Å².